The maximum absolute atomic E-state index is 12.8. The van der Waals surface area contributed by atoms with Crippen molar-refractivity contribution in [3.63, 3.8) is 0 Å². The molecule has 0 spiro atoms. The fraction of sp³-hybridized carbons (Fsp3) is 0.115. The van der Waals surface area contributed by atoms with E-state index in [9.17, 15) is 9.90 Å². The first-order chi connectivity index (χ1) is 15.2. The molecule has 0 saturated carbocycles. The number of anilines is 1. The van der Waals surface area contributed by atoms with E-state index in [2.05, 4.69) is 0 Å². The second kappa shape index (κ2) is 8.13. The Morgan fingerprint density at radius 2 is 1.45 bits per heavy atom. The minimum Gasteiger partial charge on any atom is -0.491 e. The van der Waals surface area contributed by atoms with Gasteiger partial charge in [-0.25, -0.2) is 0 Å². The monoisotopic (exact) mass is 411 g/mol. The maximum atomic E-state index is 12.8. The lowest BCUT2D eigenvalue weighted by molar-refractivity contribution is 0.0913. The van der Waals surface area contributed by atoms with E-state index in [1.807, 2.05) is 78.9 Å². The SMILES string of the molecule is O=C1c2cccc3cccc(c23)N1CC(O)COc1ccc(Oc2ccccc2)cc1. The van der Waals surface area contributed by atoms with Gasteiger partial charge in [-0.3, -0.25) is 4.79 Å². The number of carbonyl (C=O) groups is 1. The van der Waals surface area contributed by atoms with Crippen LogP contribution < -0.4 is 14.4 Å². The Labute approximate surface area is 180 Å². The number of rotatable bonds is 7. The zero-order valence-electron chi connectivity index (χ0n) is 16.8. The van der Waals surface area contributed by atoms with Gasteiger partial charge in [-0.15, -0.1) is 0 Å². The van der Waals surface area contributed by atoms with Crippen molar-refractivity contribution < 1.29 is 19.4 Å². The Morgan fingerprint density at radius 3 is 2.23 bits per heavy atom. The second-order valence-corrected chi connectivity index (χ2v) is 7.45. The average molecular weight is 411 g/mol. The number of benzene rings is 4. The van der Waals surface area contributed by atoms with Crippen LogP contribution >= 0.6 is 0 Å². The summed E-state index contributed by atoms with van der Waals surface area (Å²) in [6.07, 6.45) is -0.825. The van der Waals surface area contributed by atoms with Crippen LogP contribution in [-0.4, -0.2) is 30.3 Å². The fourth-order valence-corrected chi connectivity index (χ4v) is 3.84. The van der Waals surface area contributed by atoms with E-state index < -0.39 is 6.10 Å². The molecule has 0 aromatic heterocycles. The summed E-state index contributed by atoms with van der Waals surface area (Å²) >= 11 is 0. The first kappa shape index (κ1) is 19.2. The molecule has 0 aliphatic carbocycles. The van der Waals surface area contributed by atoms with E-state index in [0.29, 0.717) is 17.1 Å². The number of amides is 1. The molecule has 4 aromatic rings. The van der Waals surface area contributed by atoms with Gasteiger partial charge in [0.1, 0.15) is 30.0 Å². The molecule has 1 aliphatic heterocycles. The molecule has 5 heteroatoms. The summed E-state index contributed by atoms with van der Waals surface area (Å²) in [6.45, 7) is 0.247. The number of para-hydroxylation sites is 1. The highest BCUT2D eigenvalue weighted by molar-refractivity contribution is 6.25. The van der Waals surface area contributed by atoms with Crippen LogP contribution in [0.1, 0.15) is 10.4 Å². The molecule has 1 heterocycles. The molecule has 0 bridgehead atoms. The molecule has 1 unspecified atom stereocenters. The van der Waals surface area contributed by atoms with Gasteiger partial charge in [0, 0.05) is 10.9 Å². The minimum atomic E-state index is -0.825. The van der Waals surface area contributed by atoms with Gasteiger partial charge in [0.25, 0.3) is 5.91 Å². The molecule has 4 aromatic carbocycles. The fourth-order valence-electron chi connectivity index (χ4n) is 3.84. The second-order valence-electron chi connectivity index (χ2n) is 7.45. The van der Waals surface area contributed by atoms with Crippen LogP contribution in [0.2, 0.25) is 0 Å². The van der Waals surface area contributed by atoms with Crippen molar-refractivity contribution in [3.8, 4) is 17.2 Å². The van der Waals surface area contributed by atoms with Gasteiger partial charge in [-0.2, -0.15) is 0 Å². The quantitative estimate of drug-likeness (QED) is 0.463. The third kappa shape index (κ3) is 3.83. The van der Waals surface area contributed by atoms with E-state index in [0.717, 1.165) is 22.2 Å². The molecule has 5 rings (SSSR count). The normalized spacial score (nSPS) is 13.5. The van der Waals surface area contributed by atoms with E-state index in [-0.39, 0.29) is 19.1 Å². The molecule has 31 heavy (non-hydrogen) atoms. The van der Waals surface area contributed by atoms with Crippen molar-refractivity contribution in [2.24, 2.45) is 0 Å². The summed E-state index contributed by atoms with van der Waals surface area (Å²) in [5, 5.41) is 12.5. The lowest BCUT2D eigenvalue weighted by Crippen LogP contribution is -2.37. The average Bonchev–Trinajstić information content (AvgIpc) is 3.07. The van der Waals surface area contributed by atoms with E-state index >= 15 is 0 Å². The third-order valence-corrected chi connectivity index (χ3v) is 5.29. The molecule has 0 saturated heterocycles. The topological polar surface area (TPSA) is 59.0 Å². The lowest BCUT2D eigenvalue weighted by atomic mass is 10.1. The molecule has 1 atom stereocenters. The summed E-state index contributed by atoms with van der Waals surface area (Å²) in [4.78, 5) is 14.5. The number of β-amino-alcohol motifs (C(OH)–C–C–N with tert-alkyl or cyclic N) is 1. The highest BCUT2D eigenvalue weighted by Crippen LogP contribution is 2.37. The largest absolute Gasteiger partial charge is 0.491 e. The zero-order chi connectivity index (χ0) is 21.2. The number of ether oxygens (including phenoxy) is 2. The smallest absolute Gasteiger partial charge is 0.259 e. The first-order valence-corrected chi connectivity index (χ1v) is 10.2. The number of aliphatic hydroxyl groups excluding tert-OH is 1. The zero-order valence-corrected chi connectivity index (χ0v) is 16.8. The minimum absolute atomic E-state index is 0.0784. The number of aliphatic hydroxyl groups is 1. The molecular formula is C26H21NO4. The number of carbonyl (C=O) groups excluding carboxylic acids is 1. The Kier molecular flexibility index (Phi) is 5.02. The molecule has 5 nitrogen and oxygen atoms in total. The summed E-state index contributed by atoms with van der Waals surface area (Å²) < 4.78 is 11.5. The Bertz CT molecular complexity index is 1220. The predicted octanol–water partition coefficient (Wildman–Crippen LogP) is 5.03. The van der Waals surface area contributed by atoms with Crippen LogP contribution in [0.5, 0.6) is 17.2 Å². The van der Waals surface area contributed by atoms with Crippen molar-refractivity contribution in [2.75, 3.05) is 18.1 Å². The Hall–Kier alpha value is -3.83. The van der Waals surface area contributed by atoms with Gasteiger partial charge in [-0.05, 0) is 53.9 Å². The van der Waals surface area contributed by atoms with Crippen molar-refractivity contribution in [2.45, 2.75) is 6.10 Å². The van der Waals surface area contributed by atoms with Crippen LogP contribution in [0.25, 0.3) is 10.8 Å². The number of nitrogens with zero attached hydrogens (tertiary/aromatic N) is 1. The molecule has 0 radical (unpaired) electrons. The van der Waals surface area contributed by atoms with Gasteiger partial charge in [0.05, 0.1) is 12.2 Å². The van der Waals surface area contributed by atoms with Crippen molar-refractivity contribution in [3.05, 3.63) is 96.6 Å². The van der Waals surface area contributed by atoms with E-state index in [1.54, 1.807) is 17.0 Å². The van der Waals surface area contributed by atoms with Gasteiger partial charge in [0.15, 0.2) is 0 Å². The highest BCUT2D eigenvalue weighted by atomic mass is 16.5. The van der Waals surface area contributed by atoms with Crippen molar-refractivity contribution in [1.82, 2.24) is 0 Å². The molecule has 0 fully saturated rings. The van der Waals surface area contributed by atoms with Crippen LogP contribution in [0.4, 0.5) is 5.69 Å². The molecule has 154 valence electrons. The van der Waals surface area contributed by atoms with E-state index in [1.165, 1.54) is 0 Å². The maximum Gasteiger partial charge on any atom is 0.259 e. The molecule has 1 N–H and O–H groups in total. The van der Waals surface area contributed by atoms with Gasteiger partial charge in [0.2, 0.25) is 0 Å². The summed E-state index contributed by atoms with van der Waals surface area (Å²) in [5.74, 6) is 2.00. The molecular weight excluding hydrogens is 390 g/mol. The third-order valence-electron chi connectivity index (χ3n) is 5.29. The summed E-state index contributed by atoms with van der Waals surface area (Å²) in [6, 6.07) is 28.3. The Balaban J connectivity index is 1.21. The van der Waals surface area contributed by atoms with Crippen LogP contribution in [-0.2, 0) is 0 Å². The number of hydrogen-bond donors (Lipinski definition) is 1. The van der Waals surface area contributed by atoms with Gasteiger partial charge < -0.3 is 19.5 Å². The van der Waals surface area contributed by atoms with Gasteiger partial charge >= 0.3 is 0 Å². The predicted molar refractivity (Wildman–Crippen MR) is 120 cm³/mol. The standard InChI is InChI=1S/C26H21NO4/c28-19(16-27-24-11-5-7-18-6-4-10-23(25(18)24)26(27)29)17-30-20-12-14-22(15-13-20)31-21-8-2-1-3-9-21/h1-15,19,28H,16-17H2. The number of hydrogen-bond acceptors (Lipinski definition) is 4. The molecule has 1 aliphatic rings. The van der Waals surface area contributed by atoms with Crippen LogP contribution in [0, 0.1) is 0 Å². The van der Waals surface area contributed by atoms with Gasteiger partial charge in [-0.1, -0.05) is 42.5 Å². The van der Waals surface area contributed by atoms with Crippen molar-refractivity contribution in [1.29, 1.82) is 0 Å². The van der Waals surface area contributed by atoms with Crippen molar-refractivity contribution >= 4 is 22.4 Å². The first-order valence-electron chi connectivity index (χ1n) is 10.2. The van der Waals surface area contributed by atoms with Crippen LogP contribution in [0.15, 0.2) is 91.0 Å². The summed E-state index contributed by atoms with van der Waals surface area (Å²) in [5.41, 5.74) is 1.51. The Morgan fingerprint density at radius 1 is 0.774 bits per heavy atom. The highest BCUT2D eigenvalue weighted by Gasteiger charge is 2.30. The summed E-state index contributed by atoms with van der Waals surface area (Å²) in [7, 11) is 0. The molecule has 1 amide bonds. The van der Waals surface area contributed by atoms with E-state index in [4.69, 9.17) is 9.47 Å². The lowest BCUT2D eigenvalue weighted by Gasteiger charge is -2.21. The van der Waals surface area contributed by atoms with Crippen LogP contribution in [0.3, 0.4) is 0 Å².